The summed E-state index contributed by atoms with van der Waals surface area (Å²) in [5, 5.41) is 7.13. The monoisotopic (exact) mass is 412 g/mol. The highest BCUT2D eigenvalue weighted by atomic mass is 19.1. The van der Waals surface area contributed by atoms with Gasteiger partial charge in [0.2, 0.25) is 11.6 Å². The first-order valence-electron chi connectivity index (χ1n) is 10.1. The van der Waals surface area contributed by atoms with Crippen LogP contribution in [0.3, 0.4) is 0 Å². The summed E-state index contributed by atoms with van der Waals surface area (Å²) in [5.74, 6) is 1.05. The van der Waals surface area contributed by atoms with Gasteiger partial charge in [-0.15, -0.1) is 5.10 Å². The molecule has 158 valence electrons. The first-order valence-corrected chi connectivity index (χ1v) is 10.1. The minimum absolute atomic E-state index is 0.200. The minimum Gasteiger partial charge on any atom is -0.353 e. The van der Waals surface area contributed by atoms with Crippen molar-refractivity contribution in [3.63, 3.8) is 0 Å². The van der Waals surface area contributed by atoms with E-state index in [1.54, 1.807) is 24.5 Å². The summed E-state index contributed by atoms with van der Waals surface area (Å²) in [5.41, 5.74) is 0.839. The predicted molar refractivity (Wildman–Crippen MR) is 111 cm³/mol. The van der Waals surface area contributed by atoms with E-state index in [0.29, 0.717) is 23.3 Å². The van der Waals surface area contributed by atoms with Crippen LogP contribution in [-0.2, 0) is 17.9 Å². The quantitative estimate of drug-likeness (QED) is 0.691. The lowest BCUT2D eigenvalue weighted by Crippen LogP contribution is -2.39. The predicted octanol–water partition coefficient (Wildman–Crippen LogP) is 1.83. The number of anilines is 1. The first kappa shape index (κ1) is 20.1. The molecule has 0 bridgehead atoms. The number of nitrogens with zero attached hydrogens (tertiary/aromatic N) is 5. The summed E-state index contributed by atoms with van der Waals surface area (Å²) >= 11 is 0. The number of fused-ring (bicyclic) bond motifs is 1. The van der Waals surface area contributed by atoms with Gasteiger partial charge in [-0.25, -0.2) is 23.3 Å². The minimum atomic E-state index is -0.385. The van der Waals surface area contributed by atoms with E-state index in [0.717, 1.165) is 29.8 Å². The zero-order valence-electron chi connectivity index (χ0n) is 17.1. The van der Waals surface area contributed by atoms with Crippen LogP contribution in [0, 0.1) is 17.7 Å². The molecule has 0 radical (unpaired) electrons. The average molecular weight is 412 g/mol. The van der Waals surface area contributed by atoms with E-state index in [4.69, 9.17) is 0 Å². The Kier molecular flexibility index (Phi) is 5.52. The van der Waals surface area contributed by atoms with E-state index in [2.05, 4.69) is 34.1 Å². The normalized spacial score (nSPS) is 19.2. The molecule has 1 saturated heterocycles. The smallest absolute Gasteiger partial charge is 0.350 e. The largest absolute Gasteiger partial charge is 0.353 e. The van der Waals surface area contributed by atoms with Crippen molar-refractivity contribution in [2.45, 2.75) is 33.4 Å². The molecule has 1 aliphatic rings. The molecule has 0 aliphatic carbocycles. The fraction of sp³-hybridized carbons (Fsp3) is 0.429. The first-order chi connectivity index (χ1) is 14.4. The molecule has 4 rings (SSSR count). The second-order valence-electron chi connectivity index (χ2n) is 8.14. The molecule has 2 aromatic heterocycles. The molecule has 0 spiro atoms. The van der Waals surface area contributed by atoms with E-state index in [1.165, 1.54) is 16.5 Å². The Morgan fingerprint density at radius 1 is 1.20 bits per heavy atom. The van der Waals surface area contributed by atoms with E-state index in [9.17, 15) is 14.0 Å². The second kappa shape index (κ2) is 8.25. The third kappa shape index (κ3) is 4.19. The molecule has 3 heterocycles. The summed E-state index contributed by atoms with van der Waals surface area (Å²) < 4.78 is 15.6. The van der Waals surface area contributed by atoms with Crippen LogP contribution in [0.2, 0.25) is 0 Å². The Balaban J connectivity index is 1.52. The Hall–Kier alpha value is -3.23. The van der Waals surface area contributed by atoms with Gasteiger partial charge in [0.15, 0.2) is 5.82 Å². The van der Waals surface area contributed by atoms with Crippen molar-refractivity contribution < 1.29 is 9.18 Å². The molecule has 1 amide bonds. The Bertz CT molecular complexity index is 1100. The number of hydrogen-bond acceptors (Lipinski definition) is 5. The van der Waals surface area contributed by atoms with Crippen molar-refractivity contribution >= 4 is 17.4 Å². The molecular weight excluding hydrogens is 387 g/mol. The maximum absolute atomic E-state index is 13.0. The van der Waals surface area contributed by atoms with Crippen molar-refractivity contribution in [3.8, 4) is 0 Å². The van der Waals surface area contributed by atoms with Gasteiger partial charge in [0, 0.05) is 32.0 Å². The Morgan fingerprint density at radius 3 is 2.60 bits per heavy atom. The summed E-state index contributed by atoms with van der Waals surface area (Å²) in [4.78, 5) is 31.7. The molecule has 8 nitrogen and oxygen atoms in total. The molecule has 9 heteroatoms. The van der Waals surface area contributed by atoms with Crippen molar-refractivity contribution in [2.24, 2.45) is 11.8 Å². The number of hydrogen-bond donors (Lipinski definition) is 1. The van der Waals surface area contributed by atoms with Gasteiger partial charge < -0.3 is 10.2 Å². The highest BCUT2D eigenvalue weighted by molar-refractivity contribution is 5.75. The van der Waals surface area contributed by atoms with E-state index in [-0.39, 0.29) is 30.5 Å². The molecule has 3 aromatic rings. The maximum atomic E-state index is 13.0. The number of carbonyl (C=O) groups excluding carboxylic acids is 1. The summed E-state index contributed by atoms with van der Waals surface area (Å²) in [6, 6.07) is 5.88. The van der Waals surface area contributed by atoms with Crippen LogP contribution in [0.4, 0.5) is 10.2 Å². The van der Waals surface area contributed by atoms with Crippen molar-refractivity contribution in [1.82, 2.24) is 24.5 Å². The number of halogens is 1. The maximum Gasteiger partial charge on any atom is 0.350 e. The zero-order chi connectivity index (χ0) is 21.3. The number of nitrogens with one attached hydrogen (secondary N) is 1. The van der Waals surface area contributed by atoms with Crippen molar-refractivity contribution in [1.29, 1.82) is 0 Å². The molecule has 1 N–H and O–H groups in total. The third-order valence-electron chi connectivity index (χ3n) is 5.35. The molecule has 0 unspecified atom stereocenters. The van der Waals surface area contributed by atoms with Gasteiger partial charge >= 0.3 is 5.69 Å². The van der Waals surface area contributed by atoms with Gasteiger partial charge in [-0.2, -0.15) is 0 Å². The topological polar surface area (TPSA) is 84.5 Å². The fourth-order valence-corrected chi connectivity index (χ4v) is 4.09. The third-order valence-corrected chi connectivity index (χ3v) is 5.35. The molecule has 30 heavy (non-hydrogen) atoms. The highest BCUT2D eigenvalue weighted by Crippen LogP contribution is 2.26. The van der Waals surface area contributed by atoms with Gasteiger partial charge in [-0.05, 0) is 36.0 Å². The van der Waals surface area contributed by atoms with Gasteiger partial charge in [0.25, 0.3) is 0 Å². The van der Waals surface area contributed by atoms with Crippen molar-refractivity contribution in [2.75, 3.05) is 18.0 Å². The van der Waals surface area contributed by atoms with Gasteiger partial charge in [0.05, 0.1) is 0 Å². The van der Waals surface area contributed by atoms with E-state index < -0.39 is 0 Å². The summed E-state index contributed by atoms with van der Waals surface area (Å²) in [6.07, 6.45) is 4.32. The molecule has 0 saturated carbocycles. The fourth-order valence-electron chi connectivity index (χ4n) is 4.09. The molecule has 2 atom stereocenters. The van der Waals surface area contributed by atoms with Crippen LogP contribution in [0.25, 0.3) is 5.65 Å². The Labute approximate surface area is 173 Å². The van der Waals surface area contributed by atoms with Crippen LogP contribution in [0.15, 0.2) is 41.5 Å². The number of amides is 1. The highest BCUT2D eigenvalue weighted by Gasteiger charge is 2.25. The zero-order valence-corrected chi connectivity index (χ0v) is 17.1. The van der Waals surface area contributed by atoms with Crippen LogP contribution in [0.1, 0.15) is 25.8 Å². The molecule has 1 aliphatic heterocycles. The number of aromatic nitrogens is 4. The average Bonchev–Trinajstić information content (AvgIpc) is 3.02. The van der Waals surface area contributed by atoms with Crippen LogP contribution in [0.5, 0.6) is 0 Å². The Morgan fingerprint density at radius 2 is 1.90 bits per heavy atom. The van der Waals surface area contributed by atoms with E-state index >= 15 is 0 Å². The summed E-state index contributed by atoms with van der Waals surface area (Å²) in [6.45, 7) is 6.18. The lowest BCUT2D eigenvalue weighted by molar-refractivity contribution is -0.122. The SMILES string of the molecule is C[C@H]1C[C@H](C)CN(c2nccn3c(=O)n(CC(=O)NCc4ccc(F)cc4)nc23)C1. The van der Waals surface area contributed by atoms with Crippen molar-refractivity contribution in [3.05, 3.63) is 58.5 Å². The molecular formula is C21H25FN6O2. The van der Waals surface area contributed by atoms with Gasteiger partial charge in [0.1, 0.15) is 12.4 Å². The lowest BCUT2D eigenvalue weighted by Gasteiger charge is -2.35. The van der Waals surface area contributed by atoms with Crippen LogP contribution in [-0.4, -0.2) is 38.2 Å². The van der Waals surface area contributed by atoms with E-state index in [1.807, 2.05) is 0 Å². The number of rotatable bonds is 5. The van der Waals surface area contributed by atoms with Crippen LogP contribution >= 0.6 is 0 Å². The summed E-state index contributed by atoms with van der Waals surface area (Å²) in [7, 11) is 0. The number of piperidine rings is 1. The standard InChI is InChI=1S/C21H25FN6O2/c1-14-9-15(2)12-26(11-14)19-20-25-28(21(30)27(20)8-7-23-19)13-18(29)24-10-16-3-5-17(22)6-4-16/h3-8,14-15H,9-13H2,1-2H3,(H,24,29)/t14-,15-/m0/s1. The molecule has 1 aromatic carbocycles. The second-order valence-corrected chi connectivity index (χ2v) is 8.14. The molecule has 1 fully saturated rings. The van der Waals surface area contributed by atoms with Gasteiger partial charge in [-0.3, -0.25) is 4.79 Å². The number of benzene rings is 1. The van der Waals surface area contributed by atoms with Gasteiger partial charge in [-0.1, -0.05) is 26.0 Å². The number of carbonyl (C=O) groups is 1. The van der Waals surface area contributed by atoms with Crippen LogP contribution < -0.4 is 15.9 Å². The lowest BCUT2D eigenvalue weighted by atomic mass is 9.92.